The largest absolute Gasteiger partial charge is 0.493 e. The van der Waals surface area contributed by atoms with Crippen LogP contribution in [0.4, 0.5) is 5.69 Å². The first kappa shape index (κ1) is 24.0. The average molecular weight is 441 g/mol. The van der Waals surface area contributed by atoms with Crippen LogP contribution in [0.2, 0.25) is 0 Å². The van der Waals surface area contributed by atoms with Gasteiger partial charge in [-0.05, 0) is 55.8 Å². The van der Waals surface area contributed by atoms with Crippen molar-refractivity contribution < 1.29 is 14.3 Å². The molecular formula is C25H36N4O3. The van der Waals surface area contributed by atoms with Gasteiger partial charge in [0.1, 0.15) is 6.29 Å². The van der Waals surface area contributed by atoms with Crippen LogP contribution >= 0.6 is 0 Å². The smallest absolute Gasteiger partial charge is 0.161 e. The lowest BCUT2D eigenvalue weighted by atomic mass is 9.98. The summed E-state index contributed by atoms with van der Waals surface area (Å²) < 4.78 is 11.0. The van der Waals surface area contributed by atoms with E-state index in [9.17, 15) is 4.79 Å². The van der Waals surface area contributed by atoms with Crippen molar-refractivity contribution in [1.82, 2.24) is 10.2 Å². The van der Waals surface area contributed by atoms with Gasteiger partial charge in [-0.15, -0.1) is 0 Å². The molecule has 1 aliphatic rings. The van der Waals surface area contributed by atoms with E-state index in [-0.39, 0.29) is 6.04 Å². The lowest BCUT2D eigenvalue weighted by Crippen LogP contribution is -2.44. The van der Waals surface area contributed by atoms with Gasteiger partial charge in [0.05, 0.1) is 14.2 Å². The van der Waals surface area contributed by atoms with Crippen molar-refractivity contribution in [3.05, 3.63) is 53.1 Å². The summed E-state index contributed by atoms with van der Waals surface area (Å²) in [7, 11) is 5.41. The molecule has 0 aliphatic carbocycles. The Bertz CT molecular complexity index is 883. The molecule has 1 aliphatic heterocycles. The monoisotopic (exact) mass is 440 g/mol. The highest BCUT2D eigenvalue weighted by molar-refractivity contribution is 5.81. The fourth-order valence-electron chi connectivity index (χ4n) is 4.45. The highest BCUT2D eigenvalue weighted by Gasteiger charge is 2.23. The average Bonchev–Trinajstić information content (AvgIpc) is 2.84. The molecule has 32 heavy (non-hydrogen) atoms. The molecule has 1 heterocycles. The van der Waals surface area contributed by atoms with Gasteiger partial charge in [-0.2, -0.15) is 0 Å². The number of anilines is 1. The zero-order chi connectivity index (χ0) is 22.9. The predicted octanol–water partition coefficient (Wildman–Crippen LogP) is 2.84. The minimum absolute atomic E-state index is 0.133. The number of aldehydes is 1. The maximum absolute atomic E-state index is 11.9. The number of nitrogens with one attached hydrogen (secondary N) is 1. The summed E-state index contributed by atoms with van der Waals surface area (Å²) in [6.45, 7) is 5.07. The minimum Gasteiger partial charge on any atom is -0.493 e. The number of methoxy groups -OCH3 is 2. The van der Waals surface area contributed by atoms with Gasteiger partial charge >= 0.3 is 0 Å². The van der Waals surface area contributed by atoms with Crippen molar-refractivity contribution >= 4 is 12.0 Å². The number of nitrogens with two attached hydrogens (primary N) is 1. The molecule has 2 aromatic rings. The molecule has 1 unspecified atom stereocenters. The van der Waals surface area contributed by atoms with Crippen molar-refractivity contribution in [3.63, 3.8) is 0 Å². The first-order chi connectivity index (χ1) is 15.6. The van der Waals surface area contributed by atoms with E-state index in [0.717, 1.165) is 67.7 Å². The van der Waals surface area contributed by atoms with Gasteiger partial charge in [0.2, 0.25) is 0 Å². The second-order valence-electron chi connectivity index (χ2n) is 8.18. The van der Waals surface area contributed by atoms with E-state index in [2.05, 4.69) is 34.3 Å². The second kappa shape index (κ2) is 11.9. The number of hydrogen-bond donors (Lipinski definition) is 2. The number of carbonyl (C=O) groups is 1. The van der Waals surface area contributed by atoms with Gasteiger partial charge in [0.25, 0.3) is 0 Å². The highest BCUT2D eigenvalue weighted by Crippen LogP contribution is 2.35. The van der Waals surface area contributed by atoms with Gasteiger partial charge < -0.3 is 25.4 Å². The molecule has 0 amide bonds. The first-order valence-electron chi connectivity index (χ1n) is 11.3. The summed E-state index contributed by atoms with van der Waals surface area (Å²) >= 11 is 0. The van der Waals surface area contributed by atoms with Crippen LogP contribution in [0.5, 0.6) is 11.5 Å². The summed E-state index contributed by atoms with van der Waals surface area (Å²) in [6.07, 6.45) is 2.79. The Balaban J connectivity index is 1.93. The van der Waals surface area contributed by atoms with Gasteiger partial charge in [0.15, 0.2) is 11.5 Å². The molecule has 0 spiro atoms. The van der Waals surface area contributed by atoms with E-state index in [1.807, 2.05) is 24.3 Å². The quantitative estimate of drug-likeness (QED) is 0.520. The number of rotatable bonds is 11. The lowest BCUT2D eigenvalue weighted by molar-refractivity contribution is 0.112. The molecule has 0 radical (unpaired) electrons. The van der Waals surface area contributed by atoms with Crippen LogP contribution in [0.1, 0.15) is 40.4 Å². The Kier molecular flexibility index (Phi) is 8.90. The highest BCUT2D eigenvalue weighted by atomic mass is 16.5. The summed E-state index contributed by atoms with van der Waals surface area (Å²) in [5, 5.41) is 3.40. The van der Waals surface area contributed by atoms with Gasteiger partial charge in [-0.3, -0.25) is 9.69 Å². The number of nitrogens with zero attached hydrogens (tertiary/aromatic N) is 2. The molecule has 174 valence electrons. The van der Waals surface area contributed by atoms with Crippen LogP contribution in [0.15, 0.2) is 36.4 Å². The van der Waals surface area contributed by atoms with Crippen LogP contribution in [0.3, 0.4) is 0 Å². The number of benzene rings is 2. The molecule has 0 saturated carbocycles. The zero-order valence-electron chi connectivity index (χ0n) is 19.5. The van der Waals surface area contributed by atoms with E-state index >= 15 is 0 Å². The molecule has 1 atom stereocenters. The Morgan fingerprint density at radius 2 is 1.91 bits per heavy atom. The maximum Gasteiger partial charge on any atom is 0.161 e. The molecule has 3 N–H and O–H groups in total. The third-order valence-electron chi connectivity index (χ3n) is 6.19. The first-order valence-corrected chi connectivity index (χ1v) is 11.3. The normalized spacial score (nSPS) is 15.0. The third kappa shape index (κ3) is 5.59. The van der Waals surface area contributed by atoms with Gasteiger partial charge in [-0.1, -0.05) is 18.2 Å². The molecule has 7 heteroatoms. The number of carbonyl (C=O) groups excluding carboxylic acids is 1. The fraction of sp³-hybridized carbons (Fsp3) is 0.480. The Morgan fingerprint density at radius 3 is 2.56 bits per heavy atom. The van der Waals surface area contributed by atoms with E-state index < -0.39 is 0 Å². The maximum atomic E-state index is 11.9. The van der Waals surface area contributed by atoms with E-state index in [1.54, 1.807) is 14.2 Å². The lowest BCUT2D eigenvalue weighted by Gasteiger charge is -2.34. The topological polar surface area (TPSA) is 80.1 Å². The van der Waals surface area contributed by atoms with Crippen LogP contribution in [-0.2, 0) is 6.54 Å². The summed E-state index contributed by atoms with van der Waals surface area (Å²) in [6, 6.07) is 12.2. The number of hydrogen-bond acceptors (Lipinski definition) is 7. The zero-order valence-corrected chi connectivity index (χ0v) is 19.5. The third-order valence-corrected chi connectivity index (χ3v) is 6.19. The Labute approximate surface area is 191 Å². The number of piperazine rings is 1. The van der Waals surface area contributed by atoms with Gasteiger partial charge in [0, 0.05) is 50.0 Å². The second-order valence-corrected chi connectivity index (χ2v) is 8.18. The summed E-state index contributed by atoms with van der Waals surface area (Å²) in [5.41, 5.74) is 9.97. The van der Waals surface area contributed by atoms with E-state index in [1.165, 1.54) is 0 Å². The Morgan fingerprint density at radius 1 is 1.16 bits per heavy atom. The fourth-order valence-corrected chi connectivity index (χ4v) is 4.45. The molecular weight excluding hydrogens is 404 g/mol. The minimum atomic E-state index is 0.133. The number of ether oxygens (including phenoxy) is 2. The van der Waals surface area contributed by atoms with Crippen molar-refractivity contribution in [1.29, 1.82) is 0 Å². The van der Waals surface area contributed by atoms with Crippen molar-refractivity contribution in [2.45, 2.75) is 25.4 Å². The van der Waals surface area contributed by atoms with E-state index in [0.29, 0.717) is 24.6 Å². The molecule has 1 fully saturated rings. The molecule has 1 saturated heterocycles. The van der Waals surface area contributed by atoms with Crippen LogP contribution < -0.4 is 25.4 Å². The molecule has 3 rings (SSSR count). The van der Waals surface area contributed by atoms with Crippen LogP contribution in [0, 0.1) is 0 Å². The van der Waals surface area contributed by atoms with Crippen molar-refractivity contribution in [3.8, 4) is 11.5 Å². The standard InChI is InChI=1S/C25H36N4O3/c1-28(22(8-5-11-26)19-9-10-24(31-2)25(16-19)32-3)17-21-20(18-30)6-4-7-23(21)29-14-12-27-13-15-29/h4,6-7,9-10,16,18,22,27H,5,8,11-15,17,26H2,1-3H3. The molecule has 0 bridgehead atoms. The molecule has 7 nitrogen and oxygen atoms in total. The van der Waals surface area contributed by atoms with Crippen LogP contribution in [0.25, 0.3) is 0 Å². The predicted molar refractivity (Wildman–Crippen MR) is 129 cm³/mol. The molecule has 0 aromatic heterocycles. The van der Waals surface area contributed by atoms with Crippen LogP contribution in [-0.4, -0.2) is 65.2 Å². The SMILES string of the molecule is COc1ccc(C(CCCN)N(C)Cc2c(C=O)cccc2N2CCNCC2)cc1OC. The van der Waals surface area contributed by atoms with Gasteiger partial charge in [-0.25, -0.2) is 0 Å². The Hall–Kier alpha value is -2.61. The summed E-state index contributed by atoms with van der Waals surface area (Å²) in [5.74, 6) is 1.43. The van der Waals surface area contributed by atoms with E-state index in [4.69, 9.17) is 15.2 Å². The summed E-state index contributed by atoms with van der Waals surface area (Å²) in [4.78, 5) is 16.6. The van der Waals surface area contributed by atoms with Crippen molar-refractivity contribution in [2.24, 2.45) is 5.73 Å². The van der Waals surface area contributed by atoms with Crippen molar-refractivity contribution in [2.75, 3.05) is 58.9 Å². The molecule has 2 aromatic carbocycles.